The number of nitrogens with two attached hydrogens (primary N) is 1. The van der Waals surface area contributed by atoms with Gasteiger partial charge in [0.15, 0.2) is 5.82 Å². The van der Waals surface area contributed by atoms with Crippen LogP contribution >= 0.6 is 11.8 Å². The summed E-state index contributed by atoms with van der Waals surface area (Å²) in [6.07, 6.45) is 0. The van der Waals surface area contributed by atoms with E-state index in [0.29, 0.717) is 25.2 Å². The lowest BCUT2D eigenvalue weighted by molar-refractivity contribution is -0.117. The molecule has 0 aliphatic rings. The lowest BCUT2D eigenvalue weighted by Gasteiger charge is -2.18. The van der Waals surface area contributed by atoms with Crippen molar-refractivity contribution in [3.05, 3.63) is 24.3 Å². The molecule has 0 unspecified atom stereocenters. The van der Waals surface area contributed by atoms with E-state index in [4.69, 9.17) is 5.84 Å². The predicted octanol–water partition coefficient (Wildman–Crippen LogP) is 0.627. The minimum absolute atomic E-state index is 0.0944. The molecule has 0 bridgehead atoms. The summed E-state index contributed by atoms with van der Waals surface area (Å²) in [5.41, 5.74) is 0.469. The van der Waals surface area contributed by atoms with E-state index in [1.165, 1.54) is 21.1 Å². The molecule has 4 N–H and O–H groups in total. The van der Waals surface area contributed by atoms with E-state index in [1.54, 1.807) is 32.9 Å². The normalized spacial score (nSPS) is 11.5. The Morgan fingerprint density at radius 3 is 2.53 bits per heavy atom. The number of hydrogen-bond donors (Lipinski definition) is 3. The number of benzene rings is 1. The molecule has 1 aromatic carbocycles. The number of aromatic nitrogens is 3. The van der Waals surface area contributed by atoms with Crippen molar-refractivity contribution >= 4 is 33.7 Å². The van der Waals surface area contributed by atoms with Crippen molar-refractivity contribution in [3.63, 3.8) is 0 Å². The first-order chi connectivity index (χ1) is 14.2. The van der Waals surface area contributed by atoms with E-state index < -0.39 is 22.0 Å². The standard InChI is InChI=1S/C17H25N7O4S2/c1-4-19-16(26)20-14(25)11-29-17-22-21-15(24(17)18)12-8-7-9-13(10-12)30(27,28)23(5-2)6-3/h7-10H,4-6,11,18H2,1-3H3,(H2,19,20,25,26). The second kappa shape index (κ2) is 10.4. The average Bonchev–Trinajstić information content (AvgIpc) is 3.08. The van der Waals surface area contributed by atoms with Gasteiger partial charge in [0.1, 0.15) is 0 Å². The molecular formula is C17H25N7O4S2. The molecule has 0 spiro atoms. The molecule has 164 valence electrons. The van der Waals surface area contributed by atoms with Crippen molar-refractivity contribution < 1.29 is 18.0 Å². The van der Waals surface area contributed by atoms with E-state index in [2.05, 4.69) is 20.8 Å². The second-order valence-corrected chi connectivity index (χ2v) is 8.87. The highest BCUT2D eigenvalue weighted by atomic mass is 32.2. The van der Waals surface area contributed by atoms with Crippen LogP contribution in [-0.2, 0) is 14.8 Å². The Bertz CT molecular complexity index is 1000. The second-order valence-electron chi connectivity index (χ2n) is 5.99. The zero-order chi connectivity index (χ0) is 22.3. The molecule has 0 saturated heterocycles. The maximum atomic E-state index is 12.8. The smallest absolute Gasteiger partial charge is 0.321 e. The van der Waals surface area contributed by atoms with Gasteiger partial charge >= 0.3 is 6.03 Å². The molecule has 2 aromatic rings. The van der Waals surface area contributed by atoms with E-state index >= 15 is 0 Å². The van der Waals surface area contributed by atoms with Crippen LogP contribution in [0.3, 0.4) is 0 Å². The first kappa shape index (κ1) is 23.6. The van der Waals surface area contributed by atoms with Crippen LogP contribution in [-0.4, -0.2) is 64.9 Å². The van der Waals surface area contributed by atoms with Crippen LogP contribution in [0.1, 0.15) is 20.8 Å². The molecule has 0 atom stereocenters. The van der Waals surface area contributed by atoms with Crippen LogP contribution in [0.25, 0.3) is 11.4 Å². The number of thioether (sulfide) groups is 1. The summed E-state index contributed by atoms with van der Waals surface area (Å²) in [6.45, 7) is 6.39. The van der Waals surface area contributed by atoms with Gasteiger partial charge in [0.2, 0.25) is 21.1 Å². The Kier molecular flexibility index (Phi) is 8.20. The van der Waals surface area contributed by atoms with Gasteiger partial charge < -0.3 is 11.2 Å². The number of carbonyl (C=O) groups excluding carboxylic acids is 2. The molecule has 0 aliphatic carbocycles. The summed E-state index contributed by atoms with van der Waals surface area (Å²) in [6, 6.07) is 5.69. The molecule has 11 nitrogen and oxygen atoms in total. The van der Waals surface area contributed by atoms with Crippen molar-refractivity contribution in [2.45, 2.75) is 30.8 Å². The van der Waals surface area contributed by atoms with Crippen molar-refractivity contribution in [3.8, 4) is 11.4 Å². The summed E-state index contributed by atoms with van der Waals surface area (Å²) < 4.78 is 28.0. The fourth-order valence-corrected chi connectivity index (χ4v) is 4.74. The van der Waals surface area contributed by atoms with Crippen LogP contribution in [0.2, 0.25) is 0 Å². The lowest BCUT2D eigenvalue weighted by Crippen LogP contribution is -2.40. The highest BCUT2D eigenvalue weighted by molar-refractivity contribution is 7.99. The molecule has 13 heteroatoms. The number of nitrogens with zero attached hydrogens (tertiary/aromatic N) is 4. The molecular weight excluding hydrogens is 430 g/mol. The largest absolute Gasteiger partial charge is 0.338 e. The molecule has 0 aliphatic heterocycles. The number of urea groups is 1. The summed E-state index contributed by atoms with van der Waals surface area (Å²) >= 11 is 0.998. The number of rotatable bonds is 9. The van der Waals surface area contributed by atoms with Crippen molar-refractivity contribution in [2.75, 3.05) is 31.2 Å². The Labute approximate surface area is 179 Å². The fourth-order valence-electron chi connectivity index (χ4n) is 2.58. The average molecular weight is 456 g/mol. The summed E-state index contributed by atoms with van der Waals surface area (Å²) in [5, 5.41) is 12.8. The third-order valence-corrected chi connectivity index (χ3v) is 7.01. The predicted molar refractivity (Wildman–Crippen MR) is 114 cm³/mol. The van der Waals surface area contributed by atoms with Crippen LogP contribution in [0, 0.1) is 0 Å². The van der Waals surface area contributed by atoms with Gasteiger partial charge in [-0.15, -0.1) is 10.2 Å². The van der Waals surface area contributed by atoms with Crippen LogP contribution in [0.5, 0.6) is 0 Å². The van der Waals surface area contributed by atoms with Gasteiger partial charge in [-0.1, -0.05) is 37.7 Å². The summed E-state index contributed by atoms with van der Waals surface area (Å²) in [7, 11) is -3.64. The molecule has 0 radical (unpaired) electrons. The molecule has 0 saturated carbocycles. The van der Waals surface area contributed by atoms with Gasteiger partial charge in [-0.05, 0) is 19.1 Å². The quantitative estimate of drug-likeness (QED) is 0.368. The number of carbonyl (C=O) groups is 2. The number of hydrogen-bond acceptors (Lipinski definition) is 8. The zero-order valence-electron chi connectivity index (χ0n) is 17.0. The Morgan fingerprint density at radius 2 is 1.90 bits per heavy atom. The summed E-state index contributed by atoms with van der Waals surface area (Å²) in [4.78, 5) is 23.3. The molecule has 3 amide bonds. The number of nitrogen functional groups attached to an aromatic ring is 1. The first-order valence-corrected chi connectivity index (χ1v) is 11.7. The van der Waals surface area contributed by atoms with Crippen LogP contribution in [0.15, 0.2) is 34.3 Å². The van der Waals surface area contributed by atoms with Gasteiger partial charge in [0, 0.05) is 25.2 Å². The first-order valence-electron chi connectivity index (χ1n) is 9.26. The molecule has 0 fully saturated rings. The van der Waals surface area contributed by atoms with Crippen LogP contribution < -0.4 is 16.5 Å². The van der Waals surface area contributed by atoms with E-state index in [1.807, 2.05) is 0 Å². The van der Waals surface area contributed by atoms with E-state index in [0.717, 1.165) is 11.8 Å². The van der Waals surface area contributed by atoms with Crippen molar-refractivity contribution in [1.82, 2.24) is 29.8 Å². The van der Waals surface area contributed by atoms with Crippen LogP contribution in [0.4, 0.5) is 4.79 Å². The molecule has 1 aromatic heterocycles. The number of nitrogens with one attached hydrogen (secondary N) is 2. The minimum Gasteiger partial charge on any atom is -0.338 e. The number of imide groups is 1. The third-order valence-electron chi connectivity index (χ3n) is 4.02. The Morgan fingerprint density at radius 1 is 1.20 bits per heavy atom. The molecule has 1 heterocycles. The number of sulfonamides is 1. The van der Waals surface area contributed by atoms with Gasteiger partial charge in [0.05, 0.1) is 10.6 Å². The zero-order valence-corrected chi connectivity index (χ0v) is 18.6. The Balaban J connectivity index is 2.18. The number of amides is 3. The van der Waals surface area contributed by atoms with Gasteiger partial charge in [-0.2, -0.15) is 4.31 Å². The SMILES string of the molecule is CCNC(=O)NC(=O)CSc1nnc(-c2cccc(S(=O)(=O)N(CC)CC)c2)n1N. The lowest BCUT2D eigenvalue weighted by atomic mass is 10.2. The maximum Gasteiger partial charge on any atom is 0.321 e. The van der Waals surface area contributed by atoms with Gasteiger partial charge in [-0.3, -0.25) is 10.1 Å². The monoisotopic (exact) mass is 455 g/mol. The minimum atomic E-state index is -3.64. The highest BCUT2D eigenvalue weighted by Gasteiger charge is 2.23. The fraction of sp³-hybridized carbons (Fsp3) is 0.412. The molecule has 2 rings (SSSR count). The highest BCUT2D eigenvalue weighted by Crippen LogP contribution is 2.25. The van der Waals surface area contributed by atoms with E-state index in [-0.39, 0.29) is 21.6 Å². The van der Waals surface area contributed by atoms with E-state index in [9.17, 15) is 18.0 Å². The Hall–Kier alpha value is -2.64. The van der Waals surface area contributed by atoms with Crippen molar-refractivity contribution in [1.29, 1.82) is 0 Å². The maximum absolute atomic E-state index is 12.8. The van der Waals surface area contributed by atoms with Crippen molar-refractivity contribution in [2.24, 2.45) is 0 Å². The topological polar surface area (TPSA) is 152 Å². The van der Waals surface area contributed by atoms with Gasteiger partial charge in [-0.25, -0.2) is 17.9 Å². The van der Waals surface area contributed by atoms with Gasteiger partial charge in [0.25, 0.3) is 0 Å². The molecule has 30 heavy (non-hydrogen) atoms. The third kappa shape index (κ3) is 5.49. The summed E-state index contributed by atoms with van der Waals surface area (Å²) in [5.74, 6) is 5.68.